The molecule has 2 aliphatic rings. The number of carbonyl (C=O) groups excluding carboxylic acids is 1. The summed E-state index contributed by atoms with van der Waals surface area (Å²) in [5, 5.41) is 0. The van der Waals surface area contributed by atoms with Gasteiger partial charge in [0.2, 0.25) is 0 Å². The summed E-state index contributed by atoms with van der Waals surface area (Å²) in [4.78, 5) is 15.0. The number of hydrogen-bond acceptors (Lipinski definition) is 2. The van der Waals surface area contributed by atoms with E-state index < -0.39 is 0 Å². The van der Waals surface area contributed by atoms with Crippen LogP contribution in [0.2, 0.25) is 0 Å². The summed E-state index contributed by atoms with van der Waals surface area (Å²) in [6, 6.07) is 20.3. The van der Waals surface area contributed by atoms with Crippen LogP contribution in [0, 0.1) is 11.8 Å². The van der Waals surface area contributed by atoms with Gasteiger partial charge in [-0.25, -0.2) is 0 Å². The van der Waals surface area contributed by atoms with E-state index in [4.69, 9.17) is 4.42 Å². The molecule has 31 heavy (non-hydrogen) atoms. The van der Waals surface area contributed by atoms with E-state index >= 15 is 0 Å². The number of rotatable bonds is 2. The predicted octanol–water partition coefficient (Wildman–Crippen LogP) is 5.36. The SMILES string of the molecule is CCc1ccc2c(c1)C1(CC2)CCN(C(=O)c2ccc(C#Cc3ccccc3)o2)CC1. The van der Waals surface area contributed by atoms with Crippen molar-refractivity contribution in [2.24, 2.45) is 0 Å². The average molecular weight is 410 g/mol. The predicted molar refractivity (Wildman–Crippen MR) is 122 cm³/mol. The maximum Gasteiger partial charge on any atom is 0.289 e. The number of furan rings is 1. The minimum atomic E-state index is -0.0249. The maximum atomic E-state index is 13.0. The van der Waals surface area contributed by atoms with Gasteiger partial charge in [0.05, 0.1) is 0 Å². The largest absolute Gasteiger partial charge is 0.443 e. The molecule has 3 nitrogen and oxygen atoms in total. The molecule has 1 saturated heterocycles. The van der Waals surface area contributed by atoms with Crippen LogP contribution in [0.25, 0.3) is 0 Å². The fourth-order valence-electron chi connectivity index (χ4n) is 5.05. The van der Waals surface area contributed by atoms with Crippen molar-refractivity contribution in [3.63, 3.8) is 0 Å². The van der Waals surface area contributed by atoms with Crippen LogP contribution in [0.5, 0.6) is 0 Å². The zero-order chi connectivity index (χ0) is 21.3. The Hall–Kier alpha value is -3.25. The highest BCUT2D eigenvalue weighted by Gasteiger charge is 2.42. The fraction of sp³-hybridized carbons (Fsp3) is 0.321. The number of likely N-dealkylation sites (tertiary alicyclic amines) is 1. The number of carbonyl (C=O) groups is 1. The number of amides is 1. The van der Waals surface area contributed by atoms with Gasteiger partial charge in [-0.3, -0.25) is 4.79 Å². The van der Waals surface area contributed by atoms with Gasteiger partial charge in [-0.15, -0.1) is 0 Å². The smallest absolute Gasteiger partial charge is 0.289 e. The molecule has 0 atom stereocenters. The molecule has 0 N–H and O–H groups in total. The highest BCUT2D eigenvalue weighted by Crippen LogP contribution is 2.46. The lowest BCUT2D eigenvalue weighted by atomic mass is 9.73. The lowest BCUT2D eigenvalue weighted by molar-refractivity contribution is 0.0633. The zero-order valence-electron chi connectivity index (χ0n) is 18.0. The molecule has 5 rings (SSSR count). The molecule has 0 radical (unpaired) electrons. The number of fused-ring (bicyclic) bond motifs is 2. The van der Waals surface area contributed by atoms with E-state index in [0.717, 1.165) is 44.3 Å². The molecule has 1 fully saturated rings. The Labute approximate surface area is 184 Å². The first-order chi connectivity index (χ1) is 15.2. The van der Waals surface area contributed by atoms with E-state index in [0.29, 0.717) is 11.5 Å². The van der Waals surface area contributed by atoms with Crippen LogP contribution in [0.1, 0.15) is 64.8 Å². The molecule has 2 aromatic carbocycles. The lowest BCUT2D eigenvalue weighted by Gasteiger charge is -2.40. The average Bonchev–Trinajstić information content (AvgIpc) is 3.44. The Morgan fingerprint density at radius 3 is 2.58 bits per heavy atom. The Balaban J connectivity index is 1.27. The summed E-state index contributed by atoms with van der Waals surface area (Å²) in [7, 11) is 0. The normalized spacial score (nSPS) is 16.6. The summed E-state index contributed by atoms with van der Waals surface area (Å²) in [5.41, 5.74) is 5.63. The second-order valence-corrected chi connectivity index (χ2v) is 8.70. The van der Waals surface area contributed by atoms with Crippen LogP contribution in [0.4, 0.5) is 0 Å². The Bertz CT molecular complexity index is 1150. The van der Waals surface area contributed by atoms with Crippen LogP contribution in [-0.4, -0.2) is 23.9 Å². The number of hydrogen-bond donors (Lipinski definition) is 0. The van der Waals surface area contributed by atoms with Gasteiger partial charge < -0.3 is 9.32 Å². The van der Waals surface area contributed by atoms with Crippen molar-refractivity contribution in [1.29, 1.82) is 0 Å². The van der Waals surface area contributed by atoms with Gasteiger partial charge in [0, 0.05) is 18.7 Å². The summed E-state index contributed by atoms with van der Waals surface area (Å²) < 4.78 is 5.76. The van der Waals surface area contributed by atoms with E-state index in [1.54, 1.807) is 12.1 Å². The second kappa shape index (κ2) is 8.12. The van der Waals surface area contributed by atoms with E-state index in [1.165, 1.54) is 23.1 Å². The summed E-state index contributed by atoms with van der Waals surface area (Å²) in [5.74, 6) is 6.97. The van der Waals surface area contributed by atoms with E-state index in [1.807, 2.05) is 35.2 Å². The minimum Gasteiger partial charge on any atom is -0.443 e. The van der Waals surface area contributed by atoms with Crippen LogP contribution in [-0.2, 0) is 18.3 Å². The van der Waals surface area contributed by atoms with Crippen LogP contribution in [0.15, 0.2) is 65.1 Å². The van der Waals surface area contributed by atoms with Gasteiger partial charge in [-0.2, -0.15) is 0 Å². The van der Waals surface area contributed by atoms with Crippen molar-refractivity contribution in [2.45, 2.75) is 44.4 Å². The second-order valence-electron chi connectivity index (χ2n) is 8.70. The van der Waals surface area contributed by atoms with Crippen LogP contribution < -0.4 is 0 Å². The molecular formula is C28H27NO2. The molecule has 0 bridgehead atoms. The van der Waals surface area contributed by atoms with Gasteiger partial charge in [0.1, 0.15) is 0 Å². The van der Waals surface area contributed by atoms with Gasteiger partial charge in [0.25, 0.3) is 5.91 Å². The van der Waals surface area contributed by atoms with Gasteiger partial charge >= 0.3 is 0 Å². The summed E-state index contributed by atoms with van der Waals surface area (Å²) in [6.07, 6.45) is 5.49. The number of aryl methyl sites for hydroxylation is 2. The lowest BCUT2D eigenvalue weighted by Crippen LogP contribution is -2.44. The molecule has 1 aliphatic heterocycles. The third-order valence-electron chi connectivity index (χ3n) is 6.96. The third kappa shape index (κ3) is 3.79. The Kier molecular flexibility index (Phi) is 5.16. The monoisotopic (exact) mass is 409 g/mol. The summed E-state index contributed by atoms with van der Waals surface area (Å²) >= 11 is 0. The zero-order valence-corrected chi connectivity index (χ0v) is 18.0. The third-order valence-corrected chi connectivity index (χ3v) is 6.96. The molecule has 3 heteroatoms. The molecule has 1 aliphatic carbocycles. The van der Waals surface area contributed by atoms with Crippen molar-refractivity contribution < 1.29 is 9.21 Å². The van der Waals surface area contributed by atoms with Crippen molar-refractivity contribution in [3.05, 3.63) is 94.4 Å². The first-order valence-corrected chi connectivity index (χ1v) is 11.3. The van der Waals surface area contributed by atoms with Gasteiger partial charge in [0.15, 0.2) is 11.5 Å². The minimum absolute atomic E-state index is 0.0249. The molecule has 1 aromatic heterocycles. The fourth-order valence-corrected chi connectivity index (χ4v) is 5.05. The molecule has 3 aromatic rings. The highest BCUT2D eigenvalue weighted by molar-refractivity contribution is 5.91. The van der Waals surface area contributed by atoms with Crippen molar-refractivity contribution in [1.82, 2.24) is 4.90 Å². The number of piperidine rings is 1. The van der Waals surface area contributed by atoms with Crippen molar-refractivity contribution in [3.8, 4) is 11.8 Å². The first kappa shape index (κ1) is 19.7. The maximum absolute atomic E-state index is 13.0. The Morgan fingerprint density at radius 2 is 1.81 bits per heavy atom. The number of nitrogens with zero attached hydrogens (tertiary/aromatic N) is 1. The standard InChI is InChI=1S/C28H27NO2/c1-2-21-8-10-23-14-15-28(25(23)20-21)16-18-29(19-17-28)27(30)26-13-12-24(31-26)11-9-22-6-4-3-5-7-22/h3-8,10,12-13,20H,2,14-19H2,1H3. The molecular weight excluding hydrogens is 382 g/mol. The van der Waals surface area contributed by atoms with E-state index in [-0.39, 0.29) is 11.3 Å². The van der Waals surface area contributed by atoms with E-state index in [9.17, 15) is 4.79 Å². The first-order valence-electron chi connectivity index (χ1n) is 11.3. The van der Waals surface area contributed by atoms with Crippen LogP contribution >= 0.6 is 0 Å². The topological polar surface area (TPSA) is 33.5 Å². The molecule has 0 unspecified atom stereocenters. The van der Waals surface area contributed by atoms with Gasteiger partial charge in [-0.05, 0) is 84.4 Å². The molecule has 2 heterocycles. The molecule has 156 valence electrons. The Morgan fingerprint density at radius 1 is 1.00 bits per heavy atom. The quantitative estimate of drug-likeness (QED) is 0.534. The molecule has 0 saturated carbocycles. The number of benzene rings is 2. The highest BCUT2D eigenvalue weighted by atomic mass is 16.3. The molecule has 1 spiro atoms. The van der Waals surface area contributed by atoms with E-state index in [2.05, 4.69) is 37.0 Å². The van der Waals surface area contributed by atoms with Gasteiger partial charge in [-0.1, -0.05) is 49.2 Å². The van der Waals surface area contributed by atoms with Crippen molar-refractivity contribution >= 4 is 5.91 Å². The van der Waals surface area contributed by atoms with Crippen LogP contribution in [0.3, 0.4) is 0 Å². The van der Waals surface area contributed by atoms with Crippen molar-refractivity contribution in [2.75, 3.05) is 13.1 Å². The summed E-state index contributed by atoms with van der Waals surface area (Å²) in [6.45, 7) is 3.77. The molecule has 1 amide bonds.